The molecule has 7 nitrogen and oxygen atoms in total. The fourth-order valence-corrected chi connectivity index (χ4v) is 3.71. The van der Waals surface area contributed by atoms with Gasteiger partial charge in [-0.15, -0.1) is 0 Å². The van der Waals surface area contributed by atoms with Crippen LogP contribution in [0.2, 0.25) is 0 Å². The lowest BCUT2D eigenvalue weighted by Gasteiger charge is -2.33. The summed E-state index contributed by atoms with van der Waals surface area (Å²) in [6.45, 7) is 7.24. The zero-order valence-corrected chi connectivity index (χ0v) is 17.3. The maximum absolute atomic E-state index is 12.7. The van der Waals surface area contributed by atoms with Gasteiger partial charge in [-0.2, -0.15) is 0 Å². The third kappa shape index (κ3) is 5.05. The van der Waals surface area contributed by atoms with E-state index in [1.165, 1.54) is 12.7 Å². The second kappa shape index (κ2) is 9.71. The molecule has 29 heavy (non-hydrogen) atoms. The van der Waals surface area contributed by atoms with Gasteiger partial charge < -0.3 is 19.8 Å². The number of hydrogen-bond acceptors (Lipinski definition) is 5. The molecule has 2 heterocycles. The standard InChI is InChI=1S/C22H29N3O4/c1-4-18-19(22(27)28-3)15(2)20(24-18)21(26)23-12-17-14-25(10-11-29-17)13-16-8-6-5-7-9-16/h5-9,17,24H,4,10-14H2,1-3H3,(H,23,26). The molecule has 3 rings (SSSR count). The predicted octanol–water partition coefficient (Wildman–Crippen LogP) is 2.30. The Labute approximate surface area is 171 Å². The van der Waals surface area contributed by atoms with E-state index < -0.39 is 5.97 Å². The Balaban J connectivity index is 1.59. The molecule has 156 valence electrons. The number of ether oxygens (including phenoxy) is 2. The third-order valence-electron chi connectivity index (χ3n) is 5.26. The fraction of sp³-hybridized carbons (Fsp3) is 0.455. The molecule has 0 saturated carbocycles. The first-order chi connectivity index (χ1) is 14.0. The zero-order valence-electron chi connectivity index (χ0n) is 17.3. The molecule has 1 aromatic carbocycles. The number of nitrogens with one attached hydrogen (secondary N) is 2. The van der Waals surface area contributed by atoms with Crippen molar-refractivity contribution in [2.24, 2.45) is 0 Å². The topological polar surface area (TPSA) is 83.7 Å². The van der Waals surface area contributed by atoms with Crippen molar-refractivity contribution in [3.05, 3.63) is 58.4 Å². The molecule has 1 aliphatic rings. The van der Waals surface area contributed by atoms with Crippen LogP contribution in [-0.2, 0) is 22.4 Å². The summed E-state index contributed by atoms with van der Waals surface area (Å²) in [6.07, 6.45) is 0.538. The van der Waals surface area contributed by atoms with E-state index in [1.807, 2.05) is 25.1 Å². The molecule has 0 radical (unpaired) electrons. The van der Waals surface area contributed by atoms with Crippen molar-refractivity contribution in [2.45, 2.75) is 32.9 Å². The number of nitrogens with zero attached hydrogens (tertiary/aromatic N) is 1. The minimum absolute atomic E-state index is 0.0718. The van der Waals surface area contributed by atoms with Crippen molar-refractivity contribution >= 4 is 11.9 Å². The first-order valence-electron chi connectivity index (χ1n) is 9.99. The monoisotopic (exact) mass is 399 g/mol. The summed E-state index contributed by atoms with van der Waals surface area (Å²) in [5, 5.41) is 2.94. The molecule has 2 N–H and O–H groups in total. The summed E-state index contributed by atoms with van der Waals surface area (Å²) < 4.78 is 10.7. The SMILES string of the molecule is CCc1[nH]c(C(=O)NCC2CN(Cc3ccccc3)CCO2)c(C)c1C(=O)OC. The summed E-state index contributed by atoms with van der Waals surface area (Å²) >= 11 is 0. The van der Waals surface area contributed by atoms with Crippen molar-refractivity contribution in [1.29, 1.82) is 0 Å². The van der Waals surface area contributed by atoms with E-state index >= 15 is 0 Å². The number of H-pyrrole nitrogens is 1. The van der Waals surface area contributed by atoms with Crippen molar-refractivity contribution in [3.8, 4) is 0 Å². The molecule has 1 aliphatic heterocycles. The van der Waals surface area contributed by atoms with Gasteiger partial charge in [0.25, 0.3) is 5.91 Å². The summed E-state index contributed by atoms with van der Waals surface area (Å²) in [6, 6.07) is 10.3. The van der Waals surface area contributed by atoms with Gasteiger partial charge in [0.2, 0.25) is 0 Å². The van der Waals surface area contributed by atoms with Crippen molar-refractivity contribution < 1.29 is 19.1 Å². The Morgan fingerprint density at radius 1 is 1.31 bits per heavy atom. The molecule has 1 atom stereocenters. The Morgan fingerprint density at radius 3 is 2.76 bits per heavy atom. The summed E-state index contributed by atoms with van der Waals surface area (Å²) in [5.74, 6) is -0.669. The van der Waals surface area contributed by atoms with E-state index in [4.69, 9.17) is 9.47 Å². The highest BCUT2D eigenvalue weighted by molar-refractivity contribution is 6.00. The molecule has 7 heteroatoms. The van der Waals surface area contributed by atoms with Gasteiger partial charge >= 0.3 is 5.97 Å². The number of rotatable bonds is 7. The van der Waals surface area contributed by atoms with E-state index in [1.54, 1.807) is 6.92 Å². The van der Waals surface area contributed by atoms with Crippen molar-refractivity contribution in [2.75, 3.05) is 33.4 Å². The Bertz CT molecular complexity index is 847. The molecule has 1 aromatic heterocycles. The number of aryl methyl sites for hydroxylation is 1. The molecule has 2 aromatic rings. The molecular formula is C22H29N3O4. The summed E-state index contributed by atoms with van der Waals surface area (Å²) in [5.41, 5.74) is 3.44. The van der Waals surface area contributed by atoms with Crippen LogP contribution in [0.4, 0.5) is 0 Å². The van der Waals surface area contributed by atoms with Crippen LogP contribution in [0.1, 0.15) is 44.6 Å². The Morgan fingerprint density at radius 2 is 2.07 bits per heavy atom. The number of carbonyl (C=O) groups excluding carboxylic acids is 2. The Hall–Kier alpha value is -2.64. The number of morpholine rings is 1. The van der Waals surface area contributed by atoms with E-state index in [2.05, 4.69) is 27.3 Å². The summed E-state index contributed by atoms with van der Waals surface area (Å²) in [7, 11) is 1.34. The van der Waals surface area contributed by atoms with Crippen LogP contribution < -0.4 is 5.32 Å². The highest BCUT2D eigenvalue weighted by Gasteiger charge is 2.25. The highest BCUT2D eigenvalue weighted by atomic mass is 16.5. The van der Waals surface area contributed by atoms with E-state index in [9.17, 15) is 9.59 Å². The van der Waals surface area contributed by atoms with Gasteiger partial charge in [-0.3, -0.25) is 9.69 Å². The number of carbonyl (C=O) groups is 2. The van der Waals surface area contributed by atoms with Crippen LogP contribution >= 0.6 is 0 Å². The van der Waals surface area contributed by atoms with Crippen LogP contribution in [0, 0.1) is 6.92 Å². The summed E-state index contributed by atoms with van der Waals surface area (Å²) in [4.78, 5) is 30.2. The highest BCUT2D eigenvalue weighted by Crippen LogP contribution is 2.20. The minimum Gasteiger partial charge on any atom is -0.465 e. The second-order valence-corrected chi connectivity index (χ2v) is 7.25. The molecule has 0 aliphatic carbocycles. The fourth-order valence-electron chi connectivity index (χ4n) is 3.71. The molecule has 0 spiro atoms. The van der Waals surface area contributed by atoms with Crippen molar-refractivity contribution in [1.82, 2.24) is 15.2 Å². The number of benzene rings is 1. The van der Waals surface area contributed by atoms with Crippen LogP contribution in [0.5, 0.6) is 0 Å². The number of hydrogen-bond donors (Lipinski definition) is 2. The molecule has 1 amide bonds. The maximum atomic E-state index is 12.7. The molecular weight excluding hydrogens is 370 g/mol. The third-order valence-corrected chi connectivity index (χ3v) is 5.26. The van der Waals surface area contributed by atoms with Crippen molar-refractivity contribution in [3.63, 3.8) is 0 Å². The lowest BCUT2D eigenvalue weighted by molar-refractivity contribution is -0.0292. The average Bonchev–Trinajstić information content (AvgIpc) is 3.09. The van der Waals surface area contributed by atoms with Gasteiger partial charge in [0.15, 0.2) is 0 Å². The van der Waals surface area contributed by atoms with Crippen LogP contribution in [0.15, 0.2) is 30.3 Å². The van der Waals surface area contributed by atoms with Crippen LogP contribution in [0.3, 0.4) is 0 Å². The van der Waals surface area contributed by atoms with E-state index in [0.29, 0.717) is 42.1 Å². The van der Waals surface area contributed by atoms with Gasteiger partial charge in [-0.05, 0) is 24.5 Å². The normalized spacial score (nSPS) is 17.1. The lowest BCUT2D eigenvalue weighted by Crippen LogP contribution is -2.47. The van der Waals surface area contributed by atoms with Crippen LogP contribution in [0.25, 0.3) is 0 Å². The molecule has 1 unspecified atom stereocenters. The first-order valence-corrected chi connectivity index (χ1v) is 9.99. The number of methoxy groups -OCH3 is 1. The maximum Gasteiger partial charge on any atom is 0.339 e. The smallest absolute Gasteiger partial charge is 0.339 e. The lowest BCUT2D eigenvalue weighted by atomic mass is 10.1. The largest absolute Gasteiger partial charge is 0.465 e. The molecule has 1 saturated heterocycles. The zero-order chi connectivity index (χ0) is 20.8. The van der Waals surface area contributed by atoms with Gasteiger partial charge in [0, 0.05) is 31.9 Å². The van der Waals surface area contributed by atoms with Gasteiger partial charge in [0.1, 0.15) is 5.69 Å². The first kappa shape index (κ1) is 21.1. The molecule has 1 fully saturated rings. The minimum atomic E-state index is -0.429. The van der Waals surface area contributed by atoms with Crippen LogP contribution in [-0.4, -0.2) is 61.2 Å². The Kier molecular flexibility index (Phi) is 7.06. The van der Waals surface area contributed by atoms with Gasteiger partial charge in [-0.1, -0.05) is 37.3 Å². The number of esters is 1. The average molecular weight is 399 g/mol. The van der Waals surface area contributed by atoms with Gasteiger partial charge in [-0.25, -0.2) is 4.79 Å². The molecule has 0 bridgehead atoms. The van der Waals surface area contributed by atoms with Gasteiger partial charge in [0.05, 0.1) is 25.4 Å². The quantitative estimate of drug-likeness (QED) is 0.698. The van der Waals surface area contributed by atoms with E-state index in [-0.39, 0.29) is 12.0 Å². The second-order valence-electron chi connectivity index (χ2n) is 7.25. The van der Waals surface area contributed by atoms with E-state index in [0.717, 1.165) is 19.6 Å². The number of amides is 1. The number of aromatic nitrogens is 1. The predicted molar refractivity (Wildman–Crippen MR) is 110 cm³/mol. The number of aromatic amines is 1.